The number of rotatable bonds is 4. The van der Waals surface area contributed by atoms with Gasteiger partial charge in [0.05, 0.1) is 5.69 Å². The summed E-state index contributed by atoms with van der Waals surface area (Å²) in [5.74, 6) is 0. The molecule has 0 spiro atoms. The molecule has 2 aromatic rings. The van der Waals surface area contributed by atoms with Crippen molar-refractivity contribution in [3.05, 3.63) is 53.2 Å². The van der Waals surface area contributed by atoms with Crippen LogP contribution in [-0.4, -0.2) is 17.1 Å². The molecule has 0 unspecified atom stereocenters. The standard InChI is InChI=1S/C17H21ClN2/c1-17(2,3)19-12-11-13-7-6-10-16(20-13)14-8-4-5-9-15(14)18/h4-10,19H,11-12H2,1-3H3. The molecule has 0 bridgehead atoms. The second-order valence-electron chi connectivity index (χ2n) is 5.92. The predicted octanol–water partition coefficient (Wildman–Crippen LogP) is 4.33. The number of aromatic nitrogens is 1. The van der Waals surface area contributed by atoms with Crippen LogP contribution < -0.4 is 5.32 Å². The lowest BCUT2D eigenvalue weighted by Crippen LogP contribution is -2.37. The third-order valence-corrected chi connectivity index (χ3v) is 3.32. The van der Waals surface area contributed by atoms with Crippen LogP contribution in [0.5, 0.6) is 0 Å². The highest BCUT2D eigenvalue weighted by Crippen LogP contribution is 2.25. The molecule has 0 saturated carbocycles. The van der Waals surface area contributed by atoms with Crippen LogP contribution in [0.4, 0.5) is 0 Å². The average Bonchev–Trinajstić information content (AvgIpc) is 2.38. The molecule has 106 valence electrons. The minimum absolute atomic E-state index is 0.139. The van der Waals surface area contributed by atoms with E-state index in [1.54, 1.807) is 0 Å². The van der Waals surface area contributed by atoms with Crippen molar-refractivity contribution in [2.45, 2.75) is 32.7 Å². The summed E-state index contributed by atoms with van der Waals surface area (Å²) in [7, 11) is 0. The number of hydrogen-bond acceptors (Lipinski definition) is 2. The summed E-state index contributed by atoms with van der Waals surface area (Å²) in [6.07, 6.45) is 0.912. The molecule has 0 aliphatic rings. The van der Waals surface area contributed by atoms with Gasteiger partial charge in [0.15, 0.2) is 0 Å². The van der Waals surface area contributed by atoms with Gasteiger partial charge in [-0.2, -0.15) is 0 Å². The summed E-state index contributed by atoms with van der Waals surface area (Å²) >= 11 is 6.22. The van der Waals surface area contributed by atoms with Crippen LogP contribution in [0.2, 0.25) is 5.02 Å². The van der Waals surface area contributed by atoms with Gasteiger partial charge >= 0.3 is 0 Å². The van der Waals surface area contributed by atoms with E-state index in [2.05, 4.69) is 32.2 Å². The summed E-state index contributed by atoms with van der Waals surface area (Å²) in [5.41, 5.74) is 3.14. The van der Waals surface area contributed by atoms with Gasteiger partial charge < -0.3 is 5.32 Å². The molecule has 0 atom stereocenters. The molecule has 1 aromatic carbocycles. The van der Waals surface area contributed by atoms with E-state index in [0.717, 1.165) is 34.9 Å². The topological polar surface area (TPSA) is 24.9 Å². The average molecular weight is 289 g/mol. The molecular weight excluding hydrogens is 268 g/mol. The van der Waals surface area contributed by atoms with Gasteiger partial charge in [-0.05, 0) is 39.0 Å². The highest BCUT2D eigenvalue weighted by atomic mass is 35.5. The second-order valence-corrected chi connectivity index (χ2v) is 6.33. The van der Waals surface area contributed by atoms with Gasteiger partial charge in [0.1, 0.15) is 0 Å². The largest absolute Gasteiger partial charge is 0.312 e. The quantitative estimate of drug-likeness (QED) is 0.905. The van der Waals surface area contributed by atoms with E-state index in [1.165, 1.54) is 0 Å². The Hall–Kier alpha value is -1.38. The van der Waals surface area contributed by atoms with Gasteiger partial charge in [-0.1, -0.05) is 35.9 Å². The van der Waals surface area contributed by atoms with Crippen LogP contribution in [0, 0.1) is 0 Å². The molecule has 0 aliphatic heterocycles. The smallest absolute Gasteiger partial charge is 0.0720 e. The van der Waals surface area contributed by atoms with Gasteiger partial charge in [-0.15, -0.1) is 0 Å². The van der Waals surface area contributed by atoms with Gasteiger partial charge in [-0.25, -0.2) is 0 Å². The maximum atomic E-state index is 6.22. The van der Waals surface area contributed by atoms with E-state index in [4.69, 9.17) is 16.6 Å². The summed E-state index contributed by atoms with van der Waals surface area (Å²) < 4.78 is 0. The number of halogens is 1. The Bertz CT molecular complexity index is 573. The van der Waals surface area contributed by atoms with Crippen molar-refractivity contribution < 1.29 is 0 Å². The van der Waals surface area contributed by atoms with E-state index in [1.807, 2.05) is 36.4 Å². The van der Waals surface area contributed by atoms with Gasteiger partial charge in [0.25, 0.3) is 0 Å². The van der Waals surface area contributed by atoms with Crippen molar-refractivity contribution in [1.82, 2.24) is 10.3 Å². The normalized spacial score (nSPS) is 11.6. The Kier molecular flexibility index (Phi) is 4.79. The summed E-state index contributed by atoms with van der Waals surface area (Å²) in [5, 5.41) is 4.22. The molecule has 0 amide bonds. The molecule has 0 fully saturated rings. The van der Waals surface area contributed by atoms with Crippen LogP contribution in [0.15, 0.2) is 42.5 Å². The van der Waals surface area contributed by atoms with Crippen molar-refractivity contribution in [2.75, 3.05) is 6.54 Å². The lowest BCUT2D eigenvalue weighted by Gasteiger charge is -2.20. The fourth-order valence-electron chi connectivity index (χ4n) is 2.00. The van der Waals surface area contributed by atoms with E-state index < -0.39 is 0 Å². The number of pyridine rings is 1. The van der Waals surface area contributed by atoms with Crippen LogP contribution in [0.1, 0.15) is 26.5 Å². The third kappa shape index (κ3) is 4.32. The Morgan fingerprint density at radius 2 is 1.80 bits per heavy atom. The number of nitrogens with one attached hydrogen (secondary N) is 1. The zero-order chi connectivity index (χ0) is 14.6. The Balaban J connectivity index is 2.11. The highest BCUT2D eigenvalue weighted by Gasteiger charge is 2.09. The van der Waals surface area contributed by atoms with Crippen molar-refractivity contribution in [1.29, 1.82) is 0 Å². The maximum absolute atomic E-state index is 6.22. The number of hydrogen-bond donors (Lipinski definition) is 1. The van der Waals surface area contributed by atoms with Gasteiger partial charge in [0, 0.05) is 34.8 Å². The Labute approximate surface area is 126 Å². The molecule has 1 aromatic heterocycles. The number of benzene rings is 1. The van der Waals surface area contributed by atoms with Crippen molar-refractivity contribution >= 4 is 11.6 Å². The monoisotopic (exact) mass is 288 g/mol. The Morgan fingerprint density at radius 3 is 2.50 bits per heavy atom. The van der Waals surface area contributed by atoms with E-state index in [9.17, 15) is 0 Å². The summed E-state index contributed by atoms with van der Waals surface area (Å²) in [6.45, 7) is 7.42. The van der Waals surface area contributed by atoms with Crippen molar-refractivity contribution in [2.24, 2.45) is 0 Å². The first kappa shape index (κ1) is 15.0. The summed E-state index contributed by atoms with van der Waals surface area (Å²) in [4.78, 5) is 4.70. The minimum atomic E-state index is 0.139. The molecule has 1 heterocycles. The molecular formula is C17H21ClN2. The minimum Gasteiger partial charge on any atom is -0.312 e. The van der Waals surface area contributed by atoms with E-state index >= 15 is 0 Å². The zero-order valence-corrected chi connectivity index (χ0v) is 13.0. The first-order valence-electron chi connectivity index (χ1n) is 6.91. The predicted molar refractivity (Wildman–Crippen MR) is 86.1 cm³/mol. The van der Waals surface area contributed by atoms with E-state index in [0.29, 0.717) is 0 Å². The van der Waals surface area contributed by atoms with Gasteiger partial charge in [0.2, 0.25) is 0 Å². The number of nitrogens with zero attached hydrogens (tertiary/aromatic N) is 1. The molecule has 0 saturated heterocycles. The van der Waals surface area contributed by atoms with E-state index in [-0.39, 0.29) is 5.54 Å². The van der Waals surface area contributed by atoms with Crippen molar-refractivity contribution in [3.8, 4) is 11.3 Å². The first-order valence-corrected chi connectivity index (χ1v) is 7.29. The molecule has 3 heteroatoms. The maximum Gasteiger partial charge on any atom is 0.0720 e. The third-order valence-electron chi connectivity index (χ3n) is 2.99. The highest BCUT2D eigenvalue weighted by molar-refractivity contribution is 6.33. The zero-order valence-electron chi connectivity index (χ0n) is 12.3. The van der Waals surface area contributed by atoms with Crippen molar-refractivity contribution in [3.63, 3.8) is 0 Å². The lowest BCUT2D eigenvalue weighted by atomic mass is 10.1. The van der Waals surface area contributed by atoms with Crippen LogP contribution in [0.3, 0.4) is 0 Å². The fourth-order valence-corrected chi connectivity index (χ4v) is 2.24. The molecule has 2 rings (SSSR count). The SMILES string of the molecule is CC(C)(C)NCCc1cccc(-c2ccccc2Cl)n1. The fraction of sp³-hybridized carbons (Fsp3) is 0.353. The van der Waals surface area contributed by atoms with Gasteiger partial charge in [-0.3, -0.25) is 4.98 Å². The first-order chi connectivity index (χ1) is 9.46. The van der Waals surface area contributed by atoms with Crippen LogP contribution >= 0.6 is 11.6 Å². The second kappa shape index (κ2) is 6.38. The summed E-state index contributed by atoms with van der Waals surface area (Å²) in [6, 6.07) is 13.9. The van der Waals surface area contributed by atoms with Crippen LogP contribution in [0.25, 0.3) is 11.3 Å². The molecule has 0 radical (unpaired) electrons. The van der Waals surface area contributed by atoms with Crippen LogP contribution in [-0.2, 0) is 6.42 Å². The molecule has 20 heavy (non-hydrogen) atoms. The molecule has 0 aliphatic carbocycles. The Morgan fingerprint density at radius 1 is 1.05 bits per heavy atom. The molecule has 1 N–H and O–H groups in total. The lowest BCUT2D eigenvalue weighted by molar-refractivity contribution is 0.428. The molecule has 2 nitrogen and oxygen atoms in total.